The predicted molar refractivity (Wildman–Crippen MR) is 94.8 cm³/mol. The van der Waals surface area contributed by atoms with Crippen molar-refractivity contribution in [2.24, 2.45) is 0 Å². The van der Waals surface area contributed by atoms with E-state index in [0.717, 1.165) is 10.8 Å². The van der Waals surface area contributed by atoms with Gasteiger partial charge in [-0.25, -0.2) is 4.79 Å². The van der Waals surface area contributed by atoms with Gasteiger partial charge in [0.2, 0.25) is 0 Å². The van der Waals surface area contributed by atoms with Crippen molar-refractivity contribution >= 4 is 44.3 Å². The third kappa shape index (κ3) is 3.97. The first-order chi connectivity index (χ1) is 11.6. The van der Waals surface area contributed by atoms with Crippen LogP contribution in [-0.4, -0.2) is 23.5 Å². The summed E-state index contributed by atoms with van der Waals surface area (Å²) < 4.78 is 5.66. The summed E-state index contributed by atoms with van der Waals surface area (Å²) in [5.41, 5.74) is 0.932. The first-order valence-electron chi connectivity index (χ1n) is 7.18. The number of carbonyl (C=O) groups excluding carboxylic acids is 2. The topological polar surface area (TPSA) is 68.3 Å². The van der Waals surface area contributed by atoms with Gasteiger partial charge in [0.05, 0.1) is 5.56 Å². The van der Waals surface area contributed by atoms with E-state index in [1.165, 1.54) is 6.20 Å². The van der Waals surface area contributed by atoms with Crippen LogP contribution in [0.4, 0.5) is 5.69 Å². The van der Waals surface area contributed by atoms with Gasteiger partial charge in [0.1, 0.15) is 0 Å². The molecule has 3 aromatic rings. The van der Waals surface area contributed by atoms with E-state index in [9.17, 15) is 9.59 Å². The molecule has 0 radical (unpaired) electrons. The number of fused-ring (bicyclic) bond motifs is 1. The Morgan fingerprint density at radius 2 is 1.83 bits per heavy atom. The Kier molecular flexibility index (Phi) is 4.86. The third-order valence-corrected chi connectivity index (χ3v) is 3.74. The number of hydrogen-bond acceptors (Lipinski definition) is 4. The summed E-state index contributed by atoms with van der Waals surface area (Å²) >= 11 is 3.22. The minimum absolute atomic E-state index is 0.280. The first kappa shape index (κ1) is 16.1. The Morgan fingerprint density at radius 1 is 1.04 bits per heavy atom. The van der Waals surface area contributed by atoms with Crippen LogP contribution < -0.4 is 5.32 Å². The van der Waals surface area contributed by atoms with Crippen molar-refractivity contribution in [2.45, 2.75) is 0 Å². The third-order valence-electron chi connectivity index (χ3n) is 3.31. The van der Waals surface area contributed by atoms with Gasteiger partial charge in [-0.2, -0.15) is 0 Å². The normalized spacial score (nSPS) is 10.4. The van der Waals surface area contributed by atoms with E-state index in [2.05, 4.69) is 26.2 Å². The number of amides is 1. The van der Waals surface area contributed by atoms with E-state index in [1.807, 2.05) is 36.4 Å². The Labute approximate surface area is 146 Å². The van der Waals surface area contributed by atoms with E-state index in [4.69, 9.17) is 4.74 Å². The standard InChI is InChI=1S/C18H13BrN2O3/c19-15-7-14(9-20-10-15)18(23)24-11-17(22)21-16-6-5-12-3-1-2-4-13(12)8-16/h1-10H,11H2,(H,21,22). The average Bonchev–Trinajstić information content (AvgIpc) is 2.59. The second-order valence-corrected chi connectivity index (χ2v) is 5.99. The van der Waals surface area contributed by atoms with Gasteiger partial charge in [-0.1, -0.05) is 30.3 Å². The van der Waals surface area contributed by atoms with Gasteiger partial charge in [-0.15, -0.1) is 0 Å². The molecule has 3 rings (SSSR count). The van der Waals surface area contributed by atoms with Crippen molar-refractivity contribution < 1.29 is 14.3 Å². The number of carbonyl (C=O) groups is 2. The maximum absolute atomic E-state index is 11.9. The van der Waals surface area contributed by atoms with Crippen LogP contribution in [0, 0.1) is 0 Å². The fourth-order valence-corrected chi connectivity index (χ4v) is 2.57. The van der Waals surface area contributed by atoms with Crippen molar-refractivity contribution in [1.82, 2.24) is 4.98 Å². The smallest absolute Gasteiger partial charge is 0.340 e. The highest BCUT2D eigenvalue weighted by Gasteiger charge is 2.11. The number of aromatic nitrogens is 1. The molecule has 0 saturated heterocycles. The molecule has 1 amide bonds. The number of anilines is 1. The highest BCUT2D eigenvalue weighted by Crippen LogP contribution is 2.18. The molecule has 1 aromatic heterocycles. The monoisotopic (exact) mass is 384 g/mol. The molecular formula is C18H13BrN2O3. The number of ether oxygens (including phenoxy) is 1. The number of hydrogen-bond donors (Lipinski definition) is 1. The lowest BCUT2D eigenvalue weighted by atomic mass is 10.1. The second-order valence-electron chi connectivity index (χ2n) is 5.08. The molecule has 120 valence electrons. The molecule has 0 saturated carbocycles. The van der Waals surface area contributed by atoms with Gasteiger partial charge < -0.3 is 10.1 Å². The van der Waals surface area contributed by atoms with Crippen LogP contribution in [0.3, 0.4) is 0 Å². The number of halogens is 1. The molecule has 0 spiro atoms. The minimum Gasteiger partial charge on any atom is -0.452 e. The van der Waals surface area contributed by atoms with Crippen LogP contribution >= 0.6 is 15.9 Å². The fourth-order valence-electron chi connectivity index (χ4n) is 2.20. The Balaban J connectivity index is 1.59. The summed E-state index contributed by atoms with van der Waals surface area (Å²) in [7, 11) is 0. The largest absolute Gasteiger partial charge is 0.452 e. The van der Waals surface area contributed by atoms with Gasteiger partial charge in [0.25, 0.3) is 5.91 Å². The highest BCUT2D eigenvalue weighted by atomic mass is 79.9. The van der Waals surface area contributed by atoms with Crippen molar-refractivity contribution in [1.29, 1.82) is 0 Å². The first-order valence-corrected chi connectivity index (χ1v) is 7.97. The molecule has 0 aliphatic rings. The summed E-state index contributed by atoms with van der Waals surface area (Å²) in [5.74, 6) is -1.00. The van der Waals surface area contributed by atoms with Gasteiger partial charge in [0, 0.05) is 22.6 Å². The Bertz CT molecular complexity index is 911. The van der Waals surface area contributed by atoms with Crippen molar-refractivity contribution in [3.05, 3.63) is 71.0 Å². The van der Waals surface area contributed by atoms with Crippen molar-refractivity contribution in [3.63, 3.8) is 0 Å². The van der Waals surface area contributed by atoms with Gasteiger partial charge in [-0.05, 0) is 44.9 Å². The molecule has 5 nitrogen and oxygen atoms in total. The zero-order valence-corrected chi connectivity index (χ0v) is 14.1. The molecule has 0 aliphatic heterocycles. The number of benzene rings is 2. The lowest BCUT2D eigenvalue weighted by molar-refractivity contribution is -0.119. The van der Waals surface area contributed by atoms with E-state index >= 15 is 0 Å². The molecule has 0 atom stereocenters. The quantitative estimate of drug-likeness (QED) is 0.694. The lowest BCUT2D eigenvalue weighted by Crippen LogP contribution is -2.21. The highest BCUT2D eigenvalue weighted by molar-refractivity contribution is 9.10. The molecule has 0 bridgehead atoms. The zero-order valence-electron chi connectivity index (χ0n) is 12.5. The van der Waals surface area contributed by atoms with E-state index in [-0.39, 0.29) is 12.2 Å². The van der Waals surface area contributed by atoms with E-state index in [0.29, 0.717) is 10.2 Å². The molecule has 0 unspecified atom stereocenters. The molecule has 2 aromatic carbocycles. The molecule has 0 aliphatic carbocycles. The summed E-state index contributed by atoms with van der Waals surface area (Å²) in [5, 5.41) is 4.82. The summed E-state index contributed by atoms with van der Waals surface area (Å²) in [6, 6.07) is 15.0. The zero-order chi connectivity index (χ0) is 16.9. The van der Waals surface area contributed by atoms with Crippen molar-refractivity contribution in [2.75, 3.05) is 11.9 Å². The summed E-state index contributed by atoms with van der Waals surface area (Å²) in [6.45, 7) is -0.363. The van der Waals surface area contributed by atoms with Crippen LogP contribution in [0.25, 0.3) is 10.8 Å². The minimum atomic E-state index is -0.600. The van der Waals surface area contributed by atoms with Crippen LogP contribution in [0.5, 0.6) is 0 Å². The Hall–Kier alpha value is -2.73. The number of rotatable bonds is 4. The Morgan fingerprint density at radius 3 is 2.62 bits per heavy atom. The van der Waals surface area contributed by atoms with Gasteiger partial charge >= 0.3 is 5.97 Å². The van der Waals surface area contributed by atoms with Crippen LogP contribution in [0.1, 0.15) is 10.4 Å². The summed E-state index contributed by atoms with van der Waals surface area (Å²) in [4.78, 5) is 27.7. The van der Waals surface area contributed by atoms with Crippen molar-refractivity contribution in [3.8, 4) is 0 Å². The maximum Gasteiger partial charge on any atom is 0.340 e. The van der Waals surface area contributed by atoms with Gasteiger partial charge in [0.15, 0.2) is 6.61 Å². The number of pyridine rings is 1. The molecule has 1 N–H and O–H groups in total. The molecule has 0 fully saturated rings. The number of nitrogens with zero attached hydrogens (tertiary/aromatic N) is 1. The van der Waals surface area contributed by atoms with Crippen LogP contribution in [0.2, 0.25) is 0 Å². The van der Waals surface area contributed by atoms with Crippen LogP contribution in [0.15, 0.2) is 65.4 Å². The van der Waals surface area contributed by atoms with Gasteiger partial charge in [-0.3, -0.25) is 9.78 Å². The average molecular weight is 385 g/mol. The number of esters is 1. The maximum atomic E-state index is 11.9. The lowest BCUT2D eigenvalue weighted by Gasteiger charge is -2.07. The van der Waals surface area contributed by atoms with E-state index < -0.39 is 11.9 Å². The fraction of sp³-hybridized carbons (Fsp3) is 0.0556. The molecule has 1 heterocycles. The van der Waals surface area contributed by atoms with E-state index in [1.54, 1.807) is 18.3 Å². The SMILES string of the molecule is O=C(COC(=O)c1cncc(Br)c1)Nc1ccc2ccccc2c1. The molecule has 6 heteroatoms. The molecular weight excluding hydrogens is 372 g/mol. The summed E-state index contributed by atoms with van der Waals surface area (Å²) in [6.07, 6.45) is 2.94. The molecule has 24 heavy (non-hydrogen) atoms. The predicted octanol–water partition coefficient (Wildman–Crippen LogP) is 3.79. The van der Waals surface area contributed by atoms with Crippen LogP contribution in [-0.2, 0) is 9.53 Å². The second kappa shape index (κ2) is 7.23. The number of nitrogens with one attached hydrogen (secondary N) is 1.